The van der Waals surface area contributed by atoms with Crippen molar-refractivity contribution in [3.8, 4) is 5.75 Å². The molecule has 0 aliphatic rings. The van der Waals surface area contributed by atoms with Gasteiger partial charge in [-0.15, -0.1) is 0 Å². The number of aromatic nitrogens is 1. The predicted molar refractivity (Wildman–Crippen MR) is 135 cm³/mol. The lowest BCUT2D eigenvalue weighted by Crippen LogP contribution is -2.37. The van der Waals surface area contributed by atoms with E-state index in [0.29, 0.717) is 17.9 Å². The van der Waals surface area contributed by atoms with Crippen molar-refractivity contribution in [2.24, 2.45) is 0 Å². The van der Waals surface area contributed by atoms with Gasteiger partial charge >= 0.3 is 0 Å². The maximum absolute atomic E-state index is 13.3. The van der Waals surface area contributed by atoms with Crippen molar-refractivity contribution in [2.75, 3.05) is 7.11 Å². The fourth-order valence-corrected chi connectivity index (χ4v) is 3.61. The number of methoxy groups -OCH3 is 1. The number of hydrogen-bond donors (Lipinski definition) is 1. The summed E-state index contributed by atoms with van der Waals surface area (Å²) in [4.78, 5) is 27.6. The molecule has 1 aromatic heterocycles. The van der Waals surface area contributed by atoms with Crippen molar-refractivity contribution in [3.05, 3.63) is 82.7 Å². The number of ether oxygens (including phenoxy) is 1. The molecule has 0 spiro atoms. The third-order valence-corrected chi connectivity index (χ3v) is 6.11. The summed E-state index contributed by atoms with van der Waals surface area (Å²) in [5.74, 6) is 0.794. The fourth-order valence-electron chi connectivity index (χ4n) is 3.61. The molecule has 1 atom stereocenters. The first-order valence-corrected chi connectivity index (χ1v) is 11.9. The summed E-state index contributed by atoms with van der Waals surface area (Å²) in [6, 6.07) is 16.8. The second-order valence-electron chi connectivity index (χ2n) is 9.73. The highest BCUT2D eigenvalue weighted by atomic mass is 16.5. The van der Waals surface area contributed by atoms with Crippen LogP contribution in [-0.2, 0) is 18.5 Å². The number of nitrogens with one attached hydrogen (secondary N) is 1. The number of nitrogens with zero attached hydrogens (tertiary/aromatic N) is 2. The molecule has 1 N–H and O–H groups in total. The van der Waals surface area contributed by atoms with Gasteiger partial charge in [0.15, 0.2) is 11.5 Å². The Balaban J connectivity index is 1.67. The quantitative estimate of drug-likeness (QED) is 0.449. The van der Waals surface area contributed by atoms with Crippen molar-refractivity contribution in [1.82, 2.24) is 15.4 Å². The van der Waals surface area contributed by atoms with Gasteiger partial charge in [0.05, 0.1) is 13.7 Å². The number of carbonyl (C=O) groups is 2. The lowest BCUT2D eigenvalue weighted by Gasteiger charge is -2.28. The van der Waals surface area contributed by atoms with Gasteiger partial charge in [-0.1, -0.05) is 57.1 Å². The largest absolute Gasteiger partial charge is 0.497 e. The minimum Gasteiger partial charge on any atom is -0.497 e. The molecule has 3 aromatic rings. The molecule has 35 heavy (non-hydrogen) atoms. The van der Waals surface area contributed by atoms with E-state index >= 15 is 0 Å². The Kier molecular flexibility index (Phi) is 8.33. The van der Waals surface area contributed by atoms with Gasteiger partial charge in [0.1, 0.15) is 5.75 Å². The van der Waals surface area contributed by atoms with Crippen molar-refractivity contribution < 1.29 is 18.8 Å². The molecule has 7 heteroatoms. The van der Waals surface area contributed by atoms with E-state index in [1.807, 2.05) is 62.4 Å². The molecule has 0 aliphatic carbocycles. The highest BCUT2D eigenvalue weighted by molar-refractivity contribution is 5.94. The standard InChI is InChI=1S/C28H35N3O4/c1-7-19(2)31(27(33)21-10-12-22(13-11-21)28(3,4)5)18-24-16-25(30-35-24)26(32)29-17-20-8-14-23(34-6)15-9-20/h8-16,19H,7,17-18H2,1-6H3,(H,29,32). The zero-order chi connectivity index (χ0) is 25.6. The summed E-state index contributed by atoms with van der Waals surface area (Å²) < 4.78 is 10.6. The van der Waals surface area contributed by atoms with Crippen molar-refractivity contribution >= 4 is 11.8 Å². The Morgan fingerprint density at radius 3 is 2.31 bits per heavy atom. The molecule has 2 aromatic carbocycles. The molecule has 1 heterocycles. The monoisotopic (exact) mass is 477 g/mol. The highest BCUT2D eigenvalue weighted by Gasteiger charge is 2.24. The molecule has 0 bridgehead atoms. The summed E-state index contributed by atoms with van der Waals surface area (Å²) in [5.41, 5.74) is 2.93. The Hall–Kier alpha value is -3.61. The van der Waals surface area contributed by atoms with Gasteiger partial charge in [-0.3, -0.25) is 9.59 Å². The van der Waals surface area contributed by atoms with Gasteiger partial charge in [0.25, 0.3) is 11.8 Å². The first-order chi connectivity index (χ1) is 16.6. The smallest absolute Gasteiger partial charge is 0.273 e. The van der Waals surface area contributed by atoms with E-state index in [1.54, 1.807) is 18.1 Å². The normalized spacial score (nSPS) is 12.2. The Labute approximate surface area is 207 Å². The van der Waals surface area contributed by atoms with Crippen LogP contribution in [0.15, 0.2) is 59.1 Å². The molecule has 186 valence electrons. The molecule has 0 fully saturated rings. The van der Waals surface area contributed by atoms with Gasteiger partial charge < -0.3 is 19.5 Å². The first-order valence-electron chi connectivity index (χ1n) is 11.9. The molecule has 1 unspecified atom stereocenters. The van der Waals surface area contributed by atoms with Crippen LogP contribution in [0, 0.1) is 0 Å². The van der Waals surface area contributed by atoms with E-state index < -0.39 is 0 Å². The van der Waals surface area contributed by atoms with Crippen LogP contribution in [0.1, 0.15) is 78.8 Å². The van der Waals surface area contributed by atoms with Crippen molar-refractivity contribution in [1.29, 1.82) is 0 Å². The summed E-state index contributed by atoms with van der Waals surface area (Å²) in [6.07, 6.45) is 0.787. The second kappa shape index (κ2) is 11.2. The lowest BCUT2D eigenvalue weighted by atomic mass is 9.86. The molecular formula is C28H35N3O4. The molecule has 0 saturated heterocycles. The number of hydrogen-bond acceptors (Lipinski definition) is 5. The van der Waals surface area contributed by atoms with E-state index in [-0.39, 0.29) is 35.5 Å². The van der Waals surface area contributed by atoms with Gasteiger partial charge in [-0.2, -0.15) is 0 Å². The summed E-state index contributed by atoms with van der Waals surface area (Å²) in [5, 5.41) is 6.76. The summed E-state index contributed by atoms with van der Waals surface area (Å²) in [6.45, 7) is 11.0. The minimum atomic E-state index is -0.338. The predicted octanol–water partition coefficient (Wildman–Crippen LogP) is 5.35. The number of amides is 2. The number of rotatable bonds is 9. The fraction of sp³-hybridized carbons (Fsp3) is 0.393. The molecule has 3 rings (SSSR count). The lowest BCUT2D eigenvalue weighted by molar-refractivity contribution is 0.0651. The van der Waals surface area contributed by atoms with E-state index in [4.69, 9.17) is 9.26 Å². The van der Waals surface area contributed by atoms with Gasteiger partial charge in [-0.25, -0.2) is 0 Å². The van der Waals surface area contributed by atoms with Crippen molar-refractivity contribution in [2.45, 2.75) is 65.6 Å². The van der Waals surface area contributed by atoms with Gasteiger partial charge in [0, 0.05) is 24.2 Å². The average Bonchev–Trinajstić information content (AvgIpc) is 3.33. The first kappa shape index (κ1) is 26.0. The van der Waals surface area contributed by atoms with Crippen LogP contribution < -0.4 is 10.1 Å². The Bertz CT molecular complexity index is 1130. The molecule has 0 radical (unpaired) electrons. The molecule has 2 amide bonds. The van der Waals surface area contributed by atoms with Crippen molar-refractivity contribution in [3.63, 3.8) is 0 Å². The summed E-state index contributed by atoms with van der Waals surface area (Å²) in [7, 11) is 1.61. The third kappa shape index (κ3) is 6.72. The van der Waals surface area contributed by atoms with E-state index in [2.05, 4.69) is 31.2 Å². The Morgan fingerprint density at radius 2 is 1.74 bits per heavy atom. The maximum atomic E-state index is 13.3. The SMILES string of the molecule is CCC(C)N(Cc1cc(C(=O)NCc2ccc(OC)cc2)no1)C(=O)c1ccc(C(C)(C)C)cc1. The van der Waals surface area contributed by atoms with Crippen LogP contribution >= 0.6 is 0 Å². The van der Waals surface area contributed by atoms with E-state index in [9.17, 15) is 9.59 Å². The third-order valence-electron chi connectivity index (χ3n) is 6.11. The summed E-state index contributed by atoms with van der Waals surface area (Å²) >= 11 is 0. The van der Waals surface area contributed by atoms with Gasteiger partial charge in [0.2, 0.25) is 0 Å². The zero-order valence-corrected chi connectivity index (χ0v) is 21.4. The highest BCUT2D eigenvalue weighted by Crippen LogP contribution is 2.23. The minimum absolute atomic E-state index is 0.0118. The molecule has 0 saturated carbocycles. The molecular weight excluding hydrogens is 442 g/mol. The van der Waals surface area contributed by atoms with E-state index in [1.165, 1.54) is 5.56 Å². The van der Waals surface area contributed by atoms with E-state index in [0.717, 1.165) is 17.7 Å². The zero-order valence-electron chi connectivity index (χ0n) is 21.4. The maximum Gasteiger partial charge on any atom is 0.273 e. The van der Waals surface area contributed by atoms with Crippen LogP contribution in [-0.4, -0.2) is 35.0 Å². The number of carbonyl (C=O) groups excluding carboxylic acids is 2. The molecule has 0 aliphatic heterocycles. The number of benzene rings is 2. The van der Waals surface area contributed by atoms with Crippen LogP contribution in [0.25, 0.3) is 0 Å². The van der Waals surface area contributed by atoms with Gasteiger partial charge in [-0.05, 0) is 54.2 Å². The average molecular weight is 478 g/mol. The molecule has 7 nitrogen and oxygen atoms in total. The van der Waals surface area contributed by atoms with Crippen LogP contribution in [0.3, 0.4) is 0 Å². The topological polar surface area (TPSA) is 84.7 Å². The second-order valence-corrected chi connectivity index (χ2v) is 9.73. The Morgan fingerprint density at radius 1 is 1.09 bits per heavy atom. The van der Waals surface area contributed by atoms with Crippen LogP contribution in [0.2, 0.25) is 0 Å². The van der Waals surface area contributed by atoms with Crippen LogP contribution in [0.4, 0.5) is 0 Å². The van der Waals surface area contributed by atoms with Crippen LogP contribution in [0.5, 0.6) is 5.75 Å².